The summed E-state index contributed by atoms with van der Waals surface area (Å²) in [7, 11) is -1.93. The molecule has 0 aromatic carbocycles. The molecule has 1 heterocycles. The number of hydrogen-bond donors (Lipinski definition) is 1. The van der Waals surface area contributed by atoms with E-state index >= 15 is 0 Å². The second-order valence-corrected chi connectivity index (χ2v) is 9.86. The summed E-state index contributed by atoms with van der Waals surface area (Å²) in [6.45, 7) is 13.7. The van der Waals surface area contributed by atoms with E-state index in [9.17, 15) is 4.57 Å². The number of thioether (sulfide) groups is 1. The molecule has 1 N–H and O–H groups in total. The van der Waals surface area contributed by atoms with Gasteiger partial charge < -0.3 is 4.52 Å². The van der Waals surface area contributed by atoms with Crippen molar-refractivity contribution in [1.82, 2.24) is 5.32 Å². The van der Waals surface area contributed by atoms with Crippen molar-refractivity contribution >= 4 is 19.8 Å². The van der Waals surface area contributed by atoms with Crippen LogP contribution in [0.5, 0.6) is 0 Å². The molecule has 2 unspecified atom stereocenters. The first-order chi connectivity index (χ1) is 8.74. The van der Waals surface area contributed by atoms with Gasteiger partial charge in [0.25, 0.3) is 0 Å². The van der Waals surface area contributed by atoms with Crippen LogP contribution in [0.1, 0.15) is 54.4 Å². The van der Waals surface area contributed by atoms with Crippen LogP contribution >= 0.6 is 19.8 Å². The van der Waals surface area contributed by atoms with E-state index < -0.39 is 8.03 Å². The molecule has 2 atom stereocenters. The van der Waals surface area contributed by atoms with Crippen molar-refractivity contribution in [3.8, 4) is 0 Å². The summed E-state index contributed by atoms with van der Waals surface area (Å²) in [5, 5.41) is 3.72. The van der Waals surface area contributed by atoms with Crippen LogP contribution in [-0.4, -0.2) is 28.4 Å². The second kappa shape index (κ2) is 6.98. The SMILES string of the molecule is CCC1(CC)NC(C[PH](=O)OCC(C)C)C(C)(C)S1. The molecule has 114 valence electrons. The van der Waals surface area contributed by atoms with Crippen molar-refractivity contribution in [1.29, 1.82) is 0 Å². The van der Waals surface area contributed by atoms with Gasteiger partial charge in [-0.3, -0.25) is 9.88 Å². The van der Waals surface area contributed by atoms with Crippen LogP contribution in [0, 0.1) is 5.92 Å². The fourth-order valence-corrected chi connectivity index (χ4v) is 5.99. The molecule has 0 spiro atoms. The Bertz CT molecular complexity index is 317. The highest BCUT2D eigenvalue weighted by Gasteiger charge is 2.48. The third-order valence-corrected chi connectivity index (χ3v) is 6.95. The maximum absolute atomic E-state index is 12.1. The largest absolute Gasteiger partial charge is 0.330 e. The van der Waals surface area contributed by atoms with Gasteiger partial charge in [-0.25, -0.2) is 0 Å². The molecule has 3 nitrogen and oxygen atoms in total. The van der Waals surface area contributed by atoms with Crippen LogP contribution in [0.3, 0.4) is 0 Å². The molecule has 1 rings (SSSR count). The van der Waals surface area contributed by atoms with Crippen molar-refractivity contribution in [3.05, 3.63) is 0 Å². The zero-order valence-corrected chi connectivity index (χ0v) is 15.0. The van der Waals surface area contributed by atoms with E-state index in [1.807, 2.05) is 11.8 Å². The molecule has 0 aromatic rings. The highest BCUT2D eigenvalue weighted by Crippen LogP contribution is 2.49. The summed E-state index contributed by atoms with van der Waals surface area (Å²) in [5.74, 6) is 0.443. The first kappa shape index (κ1) is 17.6. The van der Waals surface area contributed by atoms with E-state index in [0.29, 0.717) is 18.7 Å². The lowest BCUT2D eigenvalue weighted by atomic mass is 10.0. The third kappa shape index (κ3) is 4.77. The van der Waals surface area contributed by atoms with E-state index in [2.05, 4.69) is 46.9 Å². The Labute approximate surface area is 123 Å². The third-order valence-electron chi connectivity index (χ3n) is 3.83. The minimum Gasteiger partial charge on any atom is -0.330 e. The molecule has 1 fully saturated rings. The van der Waals surface area contributed by atoms with Gasteiger partial charge in [-0.2, -0.15) is 0 Å². The van der Waals surface area contributed by atoms with Crippen molar-refractivity contribution in [2.24, 2.45) is 5.92 Å². The van der Waals surface area contributed by atoms with Gasteiger partial charge in [0.15, 0.2) is 8.03 Å². The Hall–Kier alpha value is 0.500. The normalized spacial score (nSPS) is 26.8. The summed E-state index contributed by atoms with van der Waals surface area (Å²) in [6.07, 6.45) is 2.85. The summed E-state index contributed by atoms with van der Waals surface area (Å²) < 4.78 is 17.7. The summed E-state index contributed by atoms with van der Waals surface area (Å²) in [6, 6.07) is 0.274. The molecule has 0 amide bonds. The van der Waals surface area contributed by atoms with Crippen LogP contribution in [0.25, 0.3) is 0 Å². The Balaban J connectivity index is 2.60. The van der Waals surface area contributed by atoms with E-state index in [1.165, 1.54) is 0 Å². The standard InChI is InChI=1S/C14H30NO2PS/c1-7-14(8-2)15-12(13(5,6)19-14)10-18(16)17-9-11(3)4/h11-12,15,18H,7-10H2,1-6H3. The lowest BCUT2D eigenvalue weighted by molar-refractivity contribution is 0.278. The van der Waals surface area contributed by atoms with Crippen LogP contribution in [0.15, 0.2) is 0 Å². The average Bonchev–Trinajstić information content (AvgIpc) is 2.59. The van der Waals surface area contributed by atoms with E-state index in [-0.39, 0.29) is 15.7 Å². The second-order valence-electron chi connectivity index (χ2n) is 6.38. The van der Waals surface area contributed by atoms with Gasteiger partial charge in [-0.15, -0.1) is 11.8 Å². The lowest BCUT2D eigenvalue weighted by Crippen LogP contribution is -2.45. The maximum atomic E-state index is 12.1. The highest BCUT2D eigenvalue weighted by molar-refractivity contribution is 8.02. The molecule has 0 bridgehead atoms. The van der Waals surface area contributed by atoms with Crippen LogP contribution in [-0.2, 0) is 9.09 Å². The minimum atomic E-state index is -1.93. The van der Waals surface area contributed by atoms with E-state index in [4.69, 9.17) is 4.52 Å². The van der Waals surface area contributed by atoms with Gasteiger partial charge in [-0.05, 0) is 32.6 Å². The molecule has 1 aliphatic heterocycles. The molecular weight excluding hydrogens is 277 g/mol. The van der Waals surface area contributed by atoms with Gasteiger partial charge in [0, 0.05) is 17.0 Å². The maximum Gasteiger partial charge on any atom is 0.193 e. The molecule has 0 aliphatic carbocycles. The van der Waals surface area contributed by atoms with Crippen molar-refractivity contribution < 1.29 is 9.09 Å². The predicted molar refractivity (Wildman–Crippen MR) is 86.6 cm³/mol. The molecule has 19 heavy (non-hydrogen) atoms. The van der Waals surface area contributed by atoms with Crippen LogP contribution < -0.4 is 5.32 Å². The molecular formula is C14H30NO2PS. The van der Waals surface area contributed by atoms with Gasteiger partial charge in [-0.1, -0.05) is 27.7 Å². The lowest BCUT2D eigenvalue weighted by Gasteiger charge is -2.27. The zero-order chi connectivity index (χ0) is 14.7. The van der Waals surface area contributed by atoms with E-state index in [0.717, 1.165) is 12.8 Å². The Morgan fingerprint density at radius 3 is 2.32 bits per heavy atom. The van der Waals surface area contributed by atoms with Gasteiger partial charge in [0.05, 0.1) is 11.5 Å². The first-order valence-electron chi connectivity index (χ1n) is 7.38. The van der Waals surface area contributed by atoms with Gasteiger partial charge >= 0.3 is 0 Å². The fraction of sp³-hybridized carbons (Fsp3) is 1.00. The monoisotopic (exact) mass is 307 g/mol. The topological polar surface area (TPSA) is 38.3 Å². The number of rotatable bonds is 7. The van der Waals surface area contributed by atoms with Gasteiger partial charge in [0.2, 0.25) is 0 Å². The molecule has 0 aromatic heterocycles. The highest BCUT2D eigenvalue weighted by atomic mass is 32.2. The Kier molecular flexibility index (Phi) is 6.44. The Morgan fingerprint density at radius 1 is 1.32 bits per heavy atom. The fourth-order valence-electron chi connectivity index (χ4n) is 2.48. The summed E-state index contributed by atoms with van der Waals surface area (Å²) >= 11 is 2.00. The minimum absolute atomic E-state index is 0.119. The summed E-state index contributed by atoms with van der Waals surface area (Å²) in [4.78, 5) is 0.147. The quantitative estimate of drug-likeness (QED) is 0.718. The zero-order valence-electron chi connectivity index (χ0n) is 13.2. The first-order valence-corrected chi connectivity index (χ1v) is 9.72. The molecule has 0 radical (unpaired) electrons. The molecule has 1 aliphatic rings. The Morgan fingerprint density at radius 2 is 1.89 bits per heavy atom. The summed E-state index contributed by atoms with van der Waals surface area (Å²) in [5.41, 5.74) is 0. The smallest absolute Gasteiger partial charge is 0.193 e. The number of nitrogens with one attached hydrogen (secondary N) is 1. The molecule has 1 saturated heterocycles. The van der Waals surface area contributed by atoms with Crippen molar-refractivity contribution in [3.63, 3.8) is 0 Å². The molecule has 0 saturated carbocycles. The van der Waals surface area contributed by atoms with Gasteiger partial charge in [0.1, 0.15) is 0 Å². The van der Waals surface area contributed by atoms with Crippen LogP contribution in [0.4, 0.5) is 0 Å². The van der Waals surface area contributed by atoms with Crippen LogP contribution in [0.2, 0.25) is 0 Å². The molecule has 5 heteroatoms. The average molecular weight is 307 g/mol. The van der Waals surface area contributed by atoms with E-state index in [1.54, 1.807) is 0 Å². The number of hydrogen-bond acceptors (Lipinski definition) is 4. The van der Waals surface area contributed by atoms with Crippen molar-refractivity contribution in [2.75, 3.05) is 12.8 Å². The van der Waals surface area contributed by atoms with Crippen molar-refractivity contribution in [2.45, 2.75) is 70.0 Å². The predicted octanol–water partition coefficient (Wildman–Crippen LogP) is 4.13.